The number of nitrogens with zero attached hydrogens (tertiary/aromatic N) is 5. The van der Waals surface area contributed by atoms with Crippen molar-refractivity contribution >= 4 is 33.3 Å². The molecule has 0 saturated heterocycles. The van der Waals surface area contributed by atoms with Crippen molar-refractivity contribution in [3.8, 4) is 0 Å². The van der Waals surface area contributed by atoms with E-state index in [1.807, 2.05) is 47.0 Å². The Morgan fingerprint density at radius 2 is 1.76 bits per heavy atom. The summed E-state index contributed by atoms with van der Waals surface area (Å²) in [6.45, 7) is 5.11. The minimum atomic E-state index is -0.0809. The molecule has 4 rings (SSSR count). The lowest BCUT2D eigenvalue weighted by molar-refractivity contribution is 0.156. The molecule has 2 aromatic heterocycles. The van der Waals surface area contributed by atoms with Crippen LogP contribution in [0.2, 0.25) is 5.02 Å². The van der Waals surface area contributed by atoms with Gasteiger partial charge in [-0.2, -0.15) is 0 Å². The number of likely N-dealkylation sites (N-methyl/N-ethyl adjacent to an activating group) is 1. The Morgan fingerprint density at radius 3 is 2.44 bits per heavy atom. The lowest BCUT2D eigenvalue weighted by Gasteiger charge is -2.33. The fourth-order valence-corrected chi connectivity index (χ4v) is 4.92. The molecule has 0 amide bonds. The van der Waals surface area contributed by atoms with Crippen LogP contribution in [0.5, 0.6) is 0 Å². The van der Waals surface area contributed by atoms with Crippen molar-refractivity contribution in [1.29, 1.82) is 0 Å². The highest BCUT2D eigenvalue weighted by atomic mass is 35.5. The van der Waals surface area contributed by atoms with E-state index < -0.39 is 0 Å². The zero-order valence-corrected chi connectivity index (χ0v) is 21.4. The highest BCUT2D eigenvalue weighted by Crippen LogP contribution is 2.27. The summed E-state index contributed by atoms with van der Waals surface area (Å²) in [5, 5.41) is 0.727. The molecule has 0 spiro atoms. The summed E-state index contributed by atoms with van der Waals surface area (Å²) in [7, 11) is 4.16. The van der Waals surface area contributed by atoms with Crippen LogP contribution in [0.15, 0.2) is 64.9 Å². The van der Waals surface area contributed by atoms with Crippen LogP contribution in [-0.4, -0.2) is 51.5 Å². The van der Waals surface area contributed by atoms with E-state index in [4.69, 9.17) is 16.6 Å². The Labute approximate surface area is 209 Å². The van der Waals surface area contributed by atoms with Gasteiger partial charge in [-0.15, -0.1) is 11.3 Å². The van der Waals surface area contributed by atoms with Crippen molar-refractivity contribution in [2.45, 2.75) is 32.5 Å². The molecule has 0 aliphatic rings. The molecule has 0 aliphatic carbocycles. The molecular weight excluding hydrogens is 466 g/mol. The van der Waals surface area contributed by atoms with Crippen LogP contribution in [0.25, 0.3) is 10.3 Å². The highest BCUT2D eigenvalue weighted by Gasteiger charge is 2.26. The van der Waals surface area contributed by atoms with Crippen molar-refractivity contribution < 1.29 is 0 Å². The van der Waals surface area contributed by atoms with E-state index in [9.17, 15) is 4.79 Å². The molecule has 8 heteroatoms. The van der Waals surface area contributed by atoms with Crippen molar-refractivity contribution in [1.82, 2.24) is 24.3 Å². The molecule has 0 bridgehead atoms. The number of benzene rings is 2. The van der Waals surface area contributed by atoms with E-state index in [-0.39, 0.29) is 11.6 Å². The molecule has 0 N–H and O–H groups in total. The molecule has 178 valence electrons. The Hall–Kier alpha value is -2.58. The first kappa shape index (κ1) is 24.5. The lowest BCUT2D eigenvalue weighted by Crippen LogP contribution is -2.38. The van der Waals surface area contributed by atoms with Crippen LogP contribution in [0.4, 0.5) is 0 Å². The van der Waals surface area contributed by atoms with Crippen molar-refractivity contribution in [2.24, 2.45) is 0 Å². The van der Waals surface area contributed by atoms with Crippen LogP contribution in [0.1, 0.15) is 36.3 Å². The van der Waals surface area contributed by atoms with E-state index in [0.717, 1.165) is 42.5 Å². The van der Waals surface area contributed by atoms with Crippen LogP contribution >= 0.6 is 22.9 Å². The summed E-state index contributed by atoms with van der Waals surface area (Å²) in [5.74, 6) is 0.792. The van der Waals surface area contributed by atoms with Crippen LogP contribution in [0, 0.1) is 0 Å². The van der Waals surface area contributed by atoms with Gasteiger partial charge < -0.3 is 4.90 Å². The third-order valence-electron chi connectivity index (χ3n) is 5.93. The Morgan fingerprint density at radius 1 is 1.03 bits per heavy atom. The fraction of sp³-hybridized carbons (Fsp3) is 0.346. The quantitative estimate of drug-likeness (QED) is 0.307. The van der Waals surface area contributed by atoms with Crippen LogP contribution in [-0.2, 0) is 13.1 Å². The van der Waals surface area contributed by atoms with Gasteiger partial charge in [0.05, 0.1) is 18.1 Å². The van der Waals surface area contributed by atoms with E-state index in [1.165, 1.54) is 16.9 Å². The molecule has 34 heavy (non-hydrogen) atoms. The van der Waals surface area contributed by atoms with Gasteiger partial charge in [0.15, 0.2) is 10.3 Å². The maximum absolute atomic E-state index is 13.5. The highest BCUT2D eigenvalue weighted by molar-refractivity contribution is 7.16. The average Bonchev–Trinajstić information content (AvgIpc) is 3.31. The molecule has 0 fully saturated rings. The van der Waals surface area contributed by atoms with Gasteiger partial charge in [0.25, 0.3) is 5.56 Å². The van der Waals surface area contributed by atoms with Gasteiger partial charge in [0.1, 0.15) is 5.82 Å². The maximum Gasteiger partial charge on any atom is 0.281 e. The molecule has 2 aromatic carbocycles. The van der Waals surface area contributed by atoms with Crippen molar-refractivity contribution in [2.75, 3.05) is 27.2 Å². The van der Waals surface area contributed by atoms with Gasteiger partial charge in [-0.1, -0.05) is 61.0 Å². The van der Waals surface area contributed by atoms with Gasteiger partial charge in [-0.25, -0.2) is 9.97 Å². The standard InChI is InChI=1S/C26H30ClN5OS/c1-4-22(31(15-14-30(2)3)16-20-10-12-21(27)13-11-20)24-29-25-23(28-18-34-25)26(33)32(24)17-19-8-6-5-7-9-19/h5-13,18,22H,4,14-17H2,1-3H3. The number of hydrogen-bond donors (Lipinski definition) is 0. The predicted molar refractivity (Wildman–Crippen MR) is 141 cm³/mol. The Kier molecular flexibility index (Phi) is 8.11. The predicted octanol–water partition coefficient (Wildman–Crippen LogP) is 5.07. The second kappa shape index (κ2) is 11.2. The van der Waals surface area contributed by atoms with E-state index >= 15 is 0 Å². The summed E-state index contributed by atoms with van der Waals surface area (Å²) >= 11 is 7.54. The SMILES string of the molecule is CCC(c1nc2scnc2c(=O)n1Cc1ccccc1)N(CCN(C)C)Cc1ccc(Cl)cc1. The zero-order valence-electron chi connectivity index (χ0n) is 19.8. The Balaban J connectivity index is 1.79. The molecule has 2 heterocycles. The second-order valence-electron chi connectivity index (χ2n) is 8.68. The number of thiazole rings is 1. The normalized spacial score (nSPS) is 12.6. The molecule has 6 nitrogen and oxygen atoms in total. The first-order chi connectivity index (χ1) is 16.5. The minimum Gasteiger partial charge on any atom is -0.308 e. The molecule has 4 aromatic rings. The van der Waals surface area contributed by atoms with Gasteiger partial charge in [0, 0.05) is 24.7 Å². The molecule has 0 radical (unpaired) electrons. The fourth-order valence-electron chi connectivity index (χ4n) is 4.14. The topological polar surface area (TPSA) is 54.3 Å². The van der Waals surface area contributed by atoms with Crippen LogP contribution in [0.3, 0.4) is 0 Å². The number of aromatic nitrogens is 3. The lowest BCUT2D eigenvalue weighted by atomic mass is 10.1. The van der Waals surface area contributed by atoms with Gasteiger partial charge >= 0.3 is 0 Å². The first-order valence-corrected chi connectivity index (χ1v) is 12.7. The zero-order chi connectivity index (χ0) is 24.1. The van der Waals surface area contributed by atoms with Crippen molar-refractivity contribution in [3.63, 3.8) is 0 Å². The first-order valence-electron chi connectivity index (χ1n) is 11.5. The Bertz CT molecular complexity index is 1270. The monoisotopic (exact) mass is 495 g/mol. The average molecular weight is 496 g/mol. The van der Waals surface area contributed by atoms with Gasteiger partial charge in [-0.05, 0) is 43.8 Å². The summed E-state index contributed by atoms with van der Waals surface area (Å²) in [4.78, 5) is 28.2. The maximum atomic E-state index is 13.5. The molecule has 1 atom stereocenters. The van der Waals surface area contributed by atoms with Gasteiger partial charge in [0.2, 0.25) is 0 Å². The third-order valence-corrected chi connectivity index (χ3v) is 6.90. The molecule has 0 saturated carbocycles. The van der Waals surface area contributed by atoms with Gasteiger partial charge in [-0.3, -0.25) is 14.3 Å². The summed E-state index contributed by atoms with van der Waals surface area (Å²) in [6, 6.07) is 18.0. The van der Waals surface area contributed by atoms with E-state index in [1.54, 1.807) is 5.51 Å². The number of hydrogen-bond acceptors (Lipinski definition) is 6. The number of halogens is 1. The number of fused-ring (bicyclic) bond motifs is 1. The van der Waals surface area contributed by atoms with Crippen molar-refractivity contribution in [3.05, 3.63) is 92.4 Å². The third kappa shape index (κ3) is 5.73. The molecule has 0 aliphatic heterocycles. The minimum absolute atomic E-state index is 0.0291. The second-order valence-corrected chi connectivity index (χ2v) is 9.95. The summed E-state index contributed by atoms with van der Waals surface area (Å²) in [6.07, 6.45) is 0.826. The largest absolute Gasteiger partial charge is 0.308 e. The molecular formula is C26H30ClN5OS. The van der Waals surface area contributed by atoms with E-state index in [2.05, 4.69) is 47.9 Å². The summed E-state index contributed by atoms with van der Waals surface area (Å²) in [5.41, 5.74) is 4.31. The smallest absolute Gasteiger partial charge is 0.281 e. The van der Waals surface area contributed by atoms with E-state index in [0.29, 0.717) is 16.9 Å². The molecule has 1 unspecified atom stereocenters. The number of rotatable bonds is 10. The summed E-state index contributed by atoms with van der Waals surface area (Å²) < 4.78 is 1.82. The van der Waals surface area contributed by atoms with Crippen LogP contribution < -0.4 is 5.56 Å².